The van der Waals surface area contributed by atoms with Crippen molar-refractivity contribution in [2.45, 2.75) is 4.90 Å². The second-order valence-electron chi connectivity index (χ2n) is 6.24. The number of carbonyl (C=O) groups is 2. The molecule has 0 spiro atoms. The fraction of sp³-hybridized carbons (Fsp3) is 0.200. The Labute approximate surface area is 178 Å². The van der Waals surface area contributed by atoms with Gasteiger partial charge in [-0.2, -0.15) is 8.42 Å². The molecule has 0 saturated heterocycles. The van der Waals surface area contributed by atoms with Crippen LogP contribution in [0.2, 0.25) is 0 Å². The average Bonchev–Trinajstić information content (AvgIpc) is 2.77. The number of anilines is 1. The summed E-state index contributed by atoms with van der Waals surface area (Å²) in [7, 11) is -2.30. The molecule has 31 heavy (non-hydrogen) atoms. The summed E-state index contributed by atoms with van der Waals surface area (Å²) in [5, 5.41) is 0. The van der Waals surface area contributed by atoms with Gasteiger partial charge in [0.25, 0.3) is 10.1 Å². The van der Waals surface area contributed by atoms with E-state index in [0.29, 0.717) is 5.75 Å². The van der Waals surface area contributed by atoms with Crippen molar-refractivity contribution in [2.24, 2.45) is 0 Å². The first-order chi connectivity index (χ1) is 14.8. The number of rotatable bonds is 6. The van der Waals surface area contributed by atoms with Gasteiger partial charge in [-0.15, -0.1) is 0 Å². The highest BCUT2D eigenvalue weighted by Crippen LogP contribution is 2.38. The van der Waals surface area contributed by atoms with Crippen molar-refractivity contribution in [1.29, 1.82) is 0 Å². The lowest BCUT2D eigenvalue weighted by Gasteiger charge is -2.32. The van der Waals surface area contributed by atoms with Crippen LogP contribution in [-0.4, -0.2) is 52.5 Å². The number of methoxy groups -OCH3 is 2. The Hall–Kier alpha value is -3.41. The summed E-state index contributed by atoms with van der Waals surface area (Å²) in [4.78, 5) is 25.5. The Morgan fingerprint density at radius 2 is 1.71 bits per heavy atom. The van der Waals surface area contributed by atoms with E-state index in [0.717, 1.165) is 26.4 Å². The molecule has 1 aliphatic rings. The second kappa shape index (κ2) is 9.16. The van der Waals surface area contributed by atoms with Gasteiger partial charge in [-0.05, 0) is 30.3 Å². The lowest BCUT2D eigenvalue weighted by molar-refractivity contribution is -0.140. The number of para-hydroxylation sites is 1. The number of carbonyl (C=O) groups excluding carboxylic acids is 2. The highest BCUT2D eigenvalue weighted by molar-refractivity contribution is 7.85. The van der Waals surface area contributed by atoms with Crippen molar-refractivity contribution in [3.05, 3.63) is 59.8 Å². The molecule has 11 heteroatoms. The van der Waals surface area contributed by atoms with Crippen LogP contribution in [0.1, 0.15) is 0 Å². The number of nitrogens with zero attached hydrogens (tertiary/aromatic N) is 1. The topological polar surface area (TPSA) is 129 Å². The minimum absolute atomic E-state index is 0.0421. The highest BCUT2D eigenvalue weighted by Gasteiger charge is 2.34. The molecule has 0 atom stereocenters. The molecule has 3 rings (SSSR count). The van der Waals surface area contributed by atoms with E-state index in [9.17, 15) is 22.6 Å². The van der Waals surface area contributed by atoms with Gasteiger partial charge < -0.3 is 23.8 Å². The number of esters is 2. The minimum atomic E-state index is -4.58. The average molecular weight is 449 g/mol. The predicted octanol–water partition coefficient (Wildman–Crippen LogP) is 2.12. The van der Waals surface area contributed by atoms with Gasteiger partial charge in [-0.3, -0.25) is 4.55 Å². The van der Waals surface area contributed by atoms with E-state index in [1.54, 1.807) is 30.3 Å². The van der Waals surface area contributed by atoms with Crippen molar-refractivity contribution in [3.63, 3.8) is 0 Å². The van der Waals surface area contributed by atoms with Crippen LogP contribution in [-0.2, 0) is 33.9 Å². The molecule has 0 aliphatic carbocycles. The van der Waals surface area contributed by atoms with Gasteiger partial charge in [0.05, 0.1) is 37.0 Å². The van der Waals surface area contributed by atoms with Gasteiger partial charge in [-0.25, -0.2) is 9.59 Å². The van der Waals surface area contributed by atoms with Gasteiger partial charge in [0.1, 0.15) is 18.2 Å². The van der Waals surface area contributed by atoms with Crippen molar-refractivity contribution < 1.29 is 41.5 Å². The monoisotopic (exact) mass is 449 g/mol. The Kier molecular flexibility index (Phi) is 6.59. The zero-order valence-corrected chi connectivity index (χ0v) is 17.4. The molecule has 1 N–H and O–H groups in total. The van der Waals surface area contributed by atoms with E-state index in [1.807, 2.05) is 0 Å². The molecular weight excluding hydrogens is 430 g/mol. The maximum Gasteiger partial charge on any atom is 0.355 e. The van der Waals surface area contributed by atoms with Gasteiger partial charge in [0, 0.05) is 0 Å². The second-order valence-corrected chi connectivity index (χ2v) is 7.66. The fourth-order valence-electron chi connectivity index (χ4n) is 2.90. The van der Waals surface area contributed by atoms with Gasteiger partial charge in [0.2, 0.25) is 0 Å². The van der Waals surface area contributed by atoms with Crippen LogP contribution in [0.4, 0.5) is 5.69 Å². The summed E-state index contributed by atoms with van der Waals surface area (Å²) < 4.78 is 53.7. The zero-order valence-electron chi connectivity index (χ0n) is 16.6. The molecule has 0 saturated carbocycles. The van der Waals surface area contributed by atoms with Gasteiger partial charge in [-0.1, -0.05) is 18.2 Å². The van der Waals surface area contributed by atoms with E-state index in [2.05, 4.69) is 0 Å². The third-order valence-corrected chi connectivity index (χ3v) is 5.17. The molecule has 2 aromatic carbocycles. The molecule has 0 fully saturated rings. The lowest BCUT2D eigenvalue weighted by atomic mass is 10.1. The Morgan fingerprint density at radius 3 is 2.32 bits per heavy atom. The molecule has 10 nitrogen and oxygen atoms in total. The predicted molar refractivity (Wildman–Crippen MR) is 107 cm³/mol. The maximum atomic E-state index is 12.5. The summed E-state index contributed by atoms with van der Waals surface area (Å²) >= 11 is 0. The SMILES string of the molecule is COC(=O)C1=C(C(=O)OC)N(c2cc(S(=O)(=O)O)ccc2Oc2ccccc2)COC1. The van der Waals surface area contributed by atoms with E-state index < -0.39 is 27.0 Å². The van der Waals surface area contributed by atoms with Crippen LogP contribution < -0.4 is 9.64 Å². The molecule has 1 heterocycles. The summed E-state index contributed by atoms with van der Waals surface area (Å²) in [6, 6.07) is 12.2. The molecule has 0 bridgehead atoms. The van der Waals surface area contributed by atoms with Crippen molar-refractivity contribution in [2.75, 3.05) is 32.5 Å². The number of hydrogen-bond donors (Lipinski definition) is 1. The third kappa shape index (κ3) is 4.85. The molecule has 0 unspecified atom stereocenters. The first kappa shape index (κ1) is 22.3. The quantitative estimate of drug-likeness (QED) is 0.517. The number of hydrogen-bond acceptors (Lipinski definition) is 9. The number of ether oxygens (including phenoxy) is 4. The standard InChI is InChI=1S/C20H19NO9S/c1-27-19(22)15-11-29-12-21(18(15)20(23)28-2)16-10-14(31(24,25)26)8-9-17(16)30-13-6-4-3-5-7-13/h3-10H,11-12H2,1-2H3,(H,24,25,26). The van der Waals surface area contributed by atoms with E-state index in [1.165, 1.54) is 11.0 Å². The van der Waals surface area contributed by atoms with Crippen LogP contribution in [0.25, 0.3) is 0 Å². The summed E-state index contributed by atoms with van der Waals surface area (Å²) in [5.74, 6) is -1.12. The third-order valence-electron chi connectivity index (χ3n) is 4.32. The van der Waals surface area contributed by atoms with Crippen LogP contribution in [0.15, 0.2) is 64.7 Å². The normalized spacial score (nSPS) is 14.2. The lowest BCUT2D eigenvalue weighted by Crippen LogP contribution is -2.39. The first-order valence-electron chi connectivity index (χ1n) is 8.85. The van der Waals surface area contributed by atoms with Crippen LogP contribution in [0.5, 0.6) is 11.5 Å². The minimum Gasteiger partial charge on any atom is -0.466 e. The molecule has 164 valence electrons. The Balaban J connectivity index is 2.21. The molecule has 0 aromatic heterocycles. The first-order valence-corrected chi connectivity index (χ1v) is 10.3. The van der Waals surface area contributed by atoms with Crippen molar-refractivity contribution >= 4 is 27.7 Å². The smallest absolute Gasteiger partial charge is 0.355 e. The largest absolute Gasteiger partial charge is 0.466 e. The summed E-state index contributed by atoms with van der Waals surface area (Å²) in [6.07, 6.45) is 0. The van der Waals surface area contributed by atoms with E-state index >= 15 is 0 Å². The van der Waals surface area contributed by atoms with Crippen molar-refractivity contribution in [3.8, 4) is 11.5 Å². The van der Waals surface area contributed by atoms with Gasteiger partial charge >= 0.3 is 11.9 Å². The number of benzene rings is 2. The Morgan fingerprint density at radius 1 is 1.03 bits per heavy atom. The maximum absolute atomic E-state index is 12.5. The van der Waals surface area contributed by atoms with Gasteiger partial charge in [0.15, 0.2) is 5.75 Å². The molecule has 2 aromatic rings. The summed E-state index contributed by atoms with van der Waals surface area (Å²) in [5.41, 5.74) is -0.282. The molecule has 0 amide bonds. The zero-order chi connectivity index (χ0) is 22.6. The molecule has 1 aliphatic heterocycles. The van der Waals surface area contributed by atoms with E-state index in [-0.39, 0.29) is 36.0 Å². The van der Waals surface area contributed by atoms with E-state index in [4.69, 9.17) is 18.9 Å². The highest BCUT2D eigenvalue weighted by atomic mass is 32.2. The fourth-order valence-corrected chi connectivity index (χ4v) is 3.40. The summed E-state index contributed by atoms with van der Waals surface area (Å²) in [6.45, 7) is -0.453. The van der Waals surface area contributed by atoms with Crippen LogP contribution >= 0.6 is 0 Å². The van der Waals surface area contributed by atoms with Crippen LogP contribution in [0.3, 0.4) is 0 Å². The molecule has 0 radical (unpaired) electrons. The van der Waals surface area contributed by atoms with Crippen molar-refractivity contribution in [1.82, 2.24) is 0 Å². The Bertz CT molecular complexity index is 1130. The molecular formula is C20H19NO9S. The van der Waals surface area contributed by atoms with Crippen LogP contribution in [0, 0.1) is 0 Å².